The van der Waals surface area contributed by atoms with E-state index in [1.165, 1.54) is 0 Å². The van der Waals surface area contributed by atoms with Gasteiger partial charge in [0.15, 0.2) is 0 Å². The van der Waals surface area contributed by atoms with Gasteiger partial charge in [-0.25, -0.2) is 4.98 Å². The van der Waals surface area contributed by atoms with Gasteiger partial charge >= 0.3 is 0 Å². The van der Waals surface area contributed by atoms with Crippen LogP contribution in [0.5, 0.6) is 5.75 Å². The summed E-state index contributed by atoms with van der Waals surface area (Å²) in [5.74, 6) is 7.56. The molecule has 0 amide bonds. The molecule has 1 heterocycles. The van der Waals surface area contributed by atoms with Gasteiger partial charge in [-0.05, 0) is 31.2 Å². The number of aryl methyl sites for hydroxylation is 1. The van der Waals surface area contributed by atoms with Crippen molar-refractivity contribution in [1.82, 2.24) is 4.98 Å². The van der Waals surface area contributed by atoms with Gasteiger partial charge < -0.3 is 10.5 Å². The van der Waals surface area contributed by atoms with E-state index in [2.05, 4.69) is 22.2 Å². The number of benzene rings is 1. The minimum atomic E-state index is 0.381. The van der Waals surface area contributed by atoms with Crippen LogP contribution >= 0.6 is 23.1 Å². The molecule has 0 fully saturated rings. The lowest BCUT2D eigenvalue weighted by molar-refractivity contribution is 0.344. The summed E-state index contributed by atoms with van der Waals surface area (Å²) in [5, 5.41) is 2.06. The number of ether oxygens (including phenoxy) is 1. The van der Waals surface area contributed by atoms with Crippen LogP contribution in [0.15, 0.2) is 34.0 Å². The molecule has 2 N–H and O–H groups in total. The summed E-state index contributed by atoms with van der Waals surface area (Å²) < 4.78 is 6.77. The Morgan fingerprint density at radius 1 is 1.35 bits per heavy atom. The first-order chi connectivity index (χ1) is 9.78. The van der Waals surface area contributed by atoms with E-state index in [0.29, 0.717) is 13.2 Å². The molecule has 0 saturated heterocycles. The fourth-order valence-electron chi connectivity index (χ4n) is 1.47. The molecule has 0 aliphatic carbocycles. The zero-order valence-electron chi connectivity index (χ0n) is 11.3. The lowest BCUT2D eigenvalue weighted by Crippen LogP contribution is -1.99. The van der Waals surface area contributed by atoms with Crippen LogP contribution in [0, 0.1) is 18.8 Å². The highest BCUT2D eigenvalue weighted by Crippen LogP contribution is 2.22. The van der Waals surface area contributed by atoms with Crippen molar-refractivity contribution in [2.24, 2.45) is 5.73 Å². The first-order valence-electron chi connectivity index (χ1n) is 6.24. The fourth-order valence-corrected chi connectivity index (χ4v) is 3.21. The van der Waals surface area contributed by atoms with E-state index in [-0.39, 0.29) is 0 Å². The molecule has 0 radical (unpaired) electrons. The molecule has 0 aliphatic rings. The van der Waals surface area contributed by atoms with Crippen molar-refractivity contribution >= 4 is 23.1 Å². The van der Waals surface area contributed by atoms with Crippen molar-refractivity contribution in [2.45, 2.75) is 11.3 Å². The third-order valence-corrected chi connectivity index (χ3v) is 4.47. The summed E-state index contributed by atoms with van der Waals surface area (Å²) in [6.45, 7) is 3.05. The van der Waals surface area contributed by atoms with Crippen molar-refractivity contribution in [3.8, 4) is 17.6 Å². The summed E-state index contributed by atoms with van der Waals surface area (Å²) >= 11 is 3.40. The third kappa shape index (κ3) is 4.89. The van der Waals surface area contributed by atoms with E-state index in [1.807, 2.05) is 31.2 Å². The Balaban J connectivity index is 1.74. The van der Waals surface area contributed by atoms with Gasteiger partial charge in [-0.3, -0.25) is 0 Å². The lowest BCUT2D eigenvalue weighted by Gasteiger charge is -2.04. The van der Waals surface area contributed by atoms with Crippen LogP contribution in [0.2, 0.25) is 0 Å². The van der Waals surface area contributed by atoms with Gasteiger partial charge in [0.05, 0.1) is 13.2 Å². The zero-order chi connectivity index (χ0) is 14.2. The maximum absolute atomic E-state index is 5.68. The van der Waals surface area contributed by atoms with Crippen LogP contribution in [0.1, 0.15) is 11.3 Å². The van der Waals surface area contributed by atoms with Gasteiger partial charge in [0.2, 0.25) is 0 Å². The molecule has 0 atom stereocenters. The van der Waals surface area contributed by atoms with Crippen LogP contribution in [0.4, 0.5) is 0 Å². The maximum atomic E-state index is 5.68. The monoisotopic (exact) mass is 304 g/mol. The molecule has 3 nitrogen and oxygen atoms in total. The smallest absolute Gasteiger partial charge is 0.150 e. The Morgan fingerprint density at radius 3 is 2.80 bits per heavy atom. The maximum Gasteiger partial charge on any atom is 0.150 e. The molecule has 5 heteroatoms. The Kier molecular flexibility index (Phi) is 5.93. The molecule has 0 spiro atoms. The quantitative estimate of drug-likeness (QED) is 0.524. The third-order valence-electron chi connectivity index (χ3n) is 2.36. The number of thioether (sulfide) groups is 1. The van der Waals surface area contributed by atoms with Gasteiger partial charge in [0.1, 0.15) is 10.1 Å². The van der Waals surface area contributed by atoms with E-state index in [1.54, 1.807) is 23.1 Å². The predicted molar refractivity (Wildman–Crippen MR) is 85.4 cm³/mol. The molecule has 0 bridgehead atoms. The molecule has 1 aromatic carbocycles. The average molecular weight is 304 g/mol. The van der Waals surface area contributed by atoms with Gasteiger partial charge in [-0.2, -0.15) is 0 Å². The summed E-state index contributed by atoms with van der Waals surface area (Å²) in [6, 6.07) is 7.74. The van der Waals surface area contributed by atoms with Crippen LogP contribution in [-0.2, 0) is 0 Å². The number of nitrogens with zero attached hydrogens (tertiary/aromatic N) is 1. The Bertz CT molecular complexity index is 596. The molecule has 104 valence electrons. The van der Waals surface area contributed by atoms with Crippen molar-refractivity contribution in [3.63, 3.8) is 0 Å². The molecule has 20 heavy (non-hydrogen) atoms. The Hall–Kier alpha value is -1.48. The first kappa shape index (κ1) is 14.9. The van der Waals surface area contributed by atoms with Crippen molar-refractivity contribution in [3.05, 3.63) is 40.9 Å². The molecular weight excluding hydrogens is 288 g/mol. The van der Waals surface area contributed by atoms with E-state index < -0.39 is 0 Å². The minimum absolute atomic E-state index is 0.381. The van der Waals surface area contributed by atoms with Gasteiger partial charge in [0.25, 0.3) is 0 Å². The van der Waals surface area contributed by atoms with E-state index >= 15 is 0 Å². The molecule has 0 unspecified atom stereocenters. The molecular formula is C15H16N2OS2. The molecule has 2 aromatic rings. The second-order valence-corrected chi connectivity index (χ2v) is 6.18. The number of thiazole rings is 1. The van der Waals surface area contributed by atoms with Crippen LogP contribution < -0.4 is 10.5 Å². The van der Waals surface area contributed by atoms with Crippen molar-refractivity contribution in [2.75, 3.05) is 18.9 Å². The highest BCUT2D eigenvalue weighted by molar-refractivity contribution is 8.01. The van der Waals surface area contributed by atoms with Crippen molar-refractivity contribution in [1.29, 1.82) is 0 Å². The van der Waals surface area contributed by atoms with Gasteiger partial charge in [0, 0.05) is 22.4 Å². The number of aromatic nitrogens is 1. The van der Waals surface area contributed by atoms with Crippen LogP contribution in [0.25, 0.3) is 0 Å². The topological polar surface area (TPSA) is 48.1 Å². The lowest BCUT2D eigenvalue weighted by atomic mass is 10.2. The van der Waals surface area contributed by atoms with Crippen LogP contribution in [-0.4, -0.2) is 23.9 Å². The van der Waals surface area contributed by atoms with Crippen LogP contribution in [0.3, 0.4) is 0 Å². The second kappa shape index (κ2) is 7.95. The van der Waals surface area contributed by atoms with E-state index in [4.69, 9.17) is 10.5 Å². The summed E-state index contributed by atoms with van der Waals surface area (Å²) in [5.41, 5.74) is 7.36. The fraction of sp³-hybridized carbons (Fsp3) is 0.267. The number of hydrogen-bond donors (Lipinski definition) is 1. The largest absolute Gasteiger partial charge is 0.493 e. The average Bonchev–Trinajstić information content (AvgIpc) is 2.88. The zero-order valence-corrected chi connectivity index (χ0v) is 12.9. The Labute approximate surface area is 127 Å². The second-order valence-electron chi connectivity index (χ2n) is 3.98. The highest BCUT2D eigenvalue weighted by Gasteiger charge is 2.00. The number of rotatable bonds is 5. The molecule has 0 aliphatic heterocycles. The summed E-state index contributed by atoms with van der Waals surface area (Å²) in [4.78, 5) is 4.40. The predicted octanol–water partition coefficient (Wildman–Crippen LogP) is 2.93. The van der Waals surface area contributed by atoms with Gasteiger partial charge in [-0.1, -0.05) is 23.6 Å². The normalized spacial score (nSPS) is 9.90. The standard InChI is InChI=1S/C15H16N2OS2/c1-12-11-20-15(17-12)19-10-9-18-14-6-4-13(5-7-14)3-2-8-16/h4-7,11H,8-10,16H2,1H3. The highest BCUT2D eigenvalue weighted by atomic mass is 32.2. The Morgan fingerprint density at radius 2 is 2.15 bits per heavy atom. The summed E-state index contributed by atoms with van der Waals surface area (Å²) in [6.07, 6.45) is 0. The van der Waals surface area contributed by atoms with E-state index in [9.17, 15) is 0 Å². The molecule has 1 aromatic heterocycles. The number of hydrogen-bond acceptors (Lipinski definition) is 5. The summed E-state index contributed by atoms with van der Waals surface area (Å²) in [7, 11) is 0. The molecule has 0 saturated carbocycles. The van der Waals surface area contributed by atoms with E-state index in [0.717, 1.165) is 27.1 Å². The molecule has 2 rings (SSSR count). The minimum Gasteiger partial charge on any atom is -0.493 e. The first-order valence-corrected chi connectivity index (χ1v) is 8.11. The SMILES string of the molecule is Cc1csc(SCCOc2ccc(C#CCN)cc2)n1. The van der Waals surface area contributed by atoms with Crippen molar-refractivity contribution < 1.29 is 4.74 Å². The van der Waals surface area contributed by atoms with Gasteiger partial charge in [-0.15, -0.1) is 11.3 Å². The number of nitrogens with two attached hydrogens (primary N) is 1.